The number of ether oxygens (including phenoxy) is 2. The van der Waals surface area contributed by atoms with Crippen LogP contribution in [0.1, 0.15) is 50.9 Å². The summed E-state index contributed by atoms with van der Waals surface area (Å²) in [6.07, 6.45) is 4.44. The number of aromatic nitrogens is 3. The van der Waals surface area contributed by atoms with E-state index < -0.39 is 0 Å². The molecule has 2 aromatic carbocycles. The third kappa shape index (κ3) is 5.27. The lowest BCUT2D eigenvalue weighted by atomic mass is 9.87. The van der Waals surface area contributed by atoms with Crippen molar-refractivity contribution in [2.75, 3.05) is 19.7 Å². The van der Waals surface area contributed by atoms with Gasteiger partial charge in [-0.3, -0.25) is 19.3 Å². The normalized spacial score (nSPS) is 16.8. The lowest BCUT2D eigenvalue weighted by molar-refractivity contribution is -0.134. The molecule has 9 nitrogen and oxygen atoms in total. The molecule has 1 unspecified atom stereocenters. The third-order valence-corrected chi connectivity index (χ3v) is 7.31. The minimum Gasteiger partial charge on any atom is -0.494 e. The van der Waals surface area contributed by atoms with Crippen LogP contribution < -0.4 is 14.8 Å². The summed E-state index contributed by atoms with van der Waals surface area (Å²) in [6.45, 7) is 5.54. The van der Waals surface area contributed by atoms with Crippen LogP contribution in [0.5, 0.6) is 17.2 Å². The van der Waals surface area contributed by atoms with Crippen LogP contribution in [0.2, 0.25) is 0 Å². The van der Waals surface area contributed by atoms with Gasteiger partial charge in [0, 0.05) is 25.0 Å². The molecular formula is C31H31N5O4. The summed E-state index contributed by atoms with van der Waals surface area (Å²) in [5.41, 5.74) is 5.40. The SMILES string of the molecule is Cc1cc(C)n(CC(=O)N2CCc3cc4ccc3C2c2cccc(c2)OCCCNC(=O)c2cncc(c2)O4)n1. The molecule has 5 heterocycles. The number of amides is 2. The van der Waals surface area contributed by atoms with Crippen molar-refractivity contribution in [3.05, 3.63) is 101 Å². The quantitative estimate of drug-likeness (QED) is 0.408. The van der Waals surface area contributed by atoms with Gasteiger partial charge >= 0.3 is 0 Å². The first-order valence-electron chi connectivity index (χ1n) is 13.5. The van der Waals surface area contributed by atoms with E-state index in [1.807, 2.05) is 67.3 Å². The van der Waals surface area contributed by atoms with Gasteiger partial charge < -0.3 is 19.7 Å². The van der Waals surface area contributed by atoms with E-state index in [2.05, 4.69) is 15.4 Å². The second-order valence-corrected chi connectivity index (χ2v) is 10.2. The second-order valence-electron chi connectivity index (χ2n) is 10.2. The van der Waals surface area contributed by atoms with Crippen LogP contribution in [0.3, 0.4) is 0 Å². The number of hydrogen-bond donors (Lipinski definition) is 1. The van der Waals surface area contributed by atoms with Gasteiger partial charge in [-0.2, -0.15) is 5.10 Å². The van der Waals surface area contributed by atoms with Crippen molar-refractivity contribution in [2.45, 2.75) is 39.3 Å². The van der Waals surface area contributed by atoms with Gasteiger partial charge in [-0.1, -0.05) is 18.2 Å². The summed E-state index contributed by atoms with van der Waals surface area (Å²) in [4.78, 5) is 32.5. The fraction of sp³-hybridized carbons (Fsp3) is 0.290. The molecule has 7 rings (SSSR count). The average molecular weight is 538 g/mol. The van der Waals surface area contributed by atoms with E-state index in [4.69, 9.17) is 9.47 Å². The van der Waals surface area contributed by atoms with E-state index in [0.29, 0.717) is 49.6 Å². The molecule has 0 aliphatic carbocycles. The summed E-state index contributed by atoms with van der Waals surface area (Å²) < 4.78 is 13.9. The highest BCUT2D eigenvalue weighted by Gasteiger charge is 2.33. The molecule has 1 N–H and O–H groups in total. The molecule has 0 fully saturated rings. The molecule has 40 heavy (non-hydrogen) atoms. The summed E-state index contributed by atoms with van der Waals surface area (Å²) in [5, 5.41) is 7.42. The van der Waals surface area contributed by atoms with Crippen LogP contribution in [0.15, 0.2) is 67.0 Å². The maximum atomic E-state index is 13.8. The van der Waals surface area contributed by atoms with Crippen molar-refractivity contribution in [2.24, 2.45) is 0 Å². The van der Waals surface area contributed by atoms with Gasteiger partial charge in [0.25, 0.3) is 5.91 Å². The number of nitrogens with one attached hydrogen (secondary N) is 1. The van der Waals surface area contributed by atoms with E-state index in [1.54, 1.807) is 16.9 Å². The average Bonchev–Trinajstić information content (AvgIpc) is 3.27. The number of carbonyl (C=O) groups excluding carboxylic acids is 2. The van der Waals surface area contributed by atoms with Gasteiger partial charge in [0.2, 0.25) is 5.91 Å². The lowest BCUT2D eigenvalue weighted by Crippen LogP contribution is -2.42. The fourth-order valence-electron chi connectivity index (χ4n) is 5.42. The second kappa shape index (κ2) is 10.8. The predicted octanol–water partition coefficient (Wildman–Crippen LogP) is 4.37. The molecule has 0 saturated carbocycles. The topological polar surface area (TPSA) is 98.6 Å². The summed E-state index contributed by atoms with van der Waals surface area (Å²) >= 11 is 0. The van der Waals surface area contributed by atoms with Crippen molar-refractivity contribution >= 4 is 11.8 Å². The smallest absolute Gasteiger partial charge is 0.252 e. The Balaban J connectivity index is 1.39. The molecule has 0 spiro atoms. The number of benzene rings is 2. The number of hydrogen-bond acceptors (Lipinski definition) is 6. The maximum absolute atomic E-state index is 13.8. The molecule has 204 valence electrons. The fourth-order valence-corrected chi connectivity index (χ4v) is 5.42. The van der Waals surface area contributed by atoms with Crippen LogP contribution in [-0.2, 0) is 17.8 Å². The zero-order valence-corrected chi connectivity index (χ0v) is 22.6. The van der Waals surface area contributed by atoms with E-state index in [-0.39, 0.29) is 24.4 Å². The molecule has 8 bridgehead atoms. The molecule has 4 aromatic rings. The van der Waals surface area contributed by atoms with Crippen molar-refractivity contribution < 1.29 is 19.1 Å². The Morgan fingerprint density at radius 1 is 1.05 bits per heavy atom. The summed E-state index contributed by atoms with van der Waals surface area (Å²) in [7, 11) is 0. The highest BCUT2D eigenvalue weighted by atomic mass is 16.5. The monoisotopic (exact) mass is 537 g/mol. The van der Waals surface area contributed by atoms with Gasteiger partial charge in [-0.15, -0.1) is 0 Å². The molecule has 2 aromatic heterocycles. The van der Waals surface area contributed by atoms with E-state index in [9.17, 15) is 9.59 Å². The van der Waals surface area contributed by atoms with Gasteiger partial charge in [0.05, 0.1) is 30.1 Å². The number of fused-ring (bicyclic) bond motifs is 6. The Morgan fingerprint density at radius 2 is 1.95 bits per heavy atom. The Bertz CT molecular complexity index is 1580. The van der Waals surface area contributed by atoms with Gasteiger partial charge in [0.1, 0.15) is 23.8 Å². The highest BCUT2D eigenvalue weighted by Crippen LogP contribution is 2.39. The highest BCUT2D eigenvalue weighted by molar-refractivity contribution is 5.94. The zero-order chi connectivity index (χ0) is 27.6. The van der Waals surface area contributed by atoms with Gasteiger partial charge in [-0.25, -0.2) is 0 Å². The van der Waals surface area contributed by atoms with E-state index in [1.165, 1.54) is 6.20 Å². The first kappa shape index (κ1) is 25.6. The Hall–Kier alpha value is -4.66. The predicted molar refractivity (Wildman–Crippen MR) is 149 cm³/mol. The Kier molecular flexibility index (Phi) is 6.94. The summed E-state index contributed by atoms with van der Waals surface area (Å²) in [5.74, 6) is 1.66. The standard InChI is InChI=1S/C31H31N5O4/c1-20-13-21(2)36(34-20)19-29(37)35-11-9-22-14-26-7-8-28(22)30(35)23-5-3-6-25(15-23)39-12-4-10-33-31(38)24-16-27(40-26)18-32-17-24/h3,5-8,13-18,30H,4,9-12,19H2,1-2H3,(H,33,38). The van der Waals surface area contributed by atoms with Crippen molar-refractivity contribution in [3.63, 3.8) is 0 Å². The molecule has 0 saturated heterocycles. The van der Waals surface area contributed by atoms with Crippen LogP contribution in [0, 0.1) is 13.8 Å². The molecule has 3 aliphatic heterocycles. The van der Waals surface area contributed by atoms with E-state index in [0.717, 1.165) is 33.8 Å². The first-order chi connectivity index (χ1) is 19.4. The zero-order valence-electron chi connectivity index (χ0n) is 22.6. The molecule has 2 amide bonds. The van der Waals surface area contributed by atoms with Crippen molar-refractivity contribution in [3.8, 4) is 17.2 Å². The number of aryl methyl sites for hydroxylation is 2. The third-order valence-electron chi connectivity index (χ3n) is 7.31. The van der Waals surface area contributed by atoms with Crippen molar-refractivity contribution in [1.29, 1.82) is 0 Å². The minimum absolute atomic E-state index is 0.00858. The first-order valence-corrected chi connectivity index (χ1v) is 13.5. The molecule has 9 heteroatoms. The largest absolute Gasteiger partial charge is 0.494 e. The van der Waals surface area contributed by atoms with Crippen LogP contribution in [-0.4, -0.2) is 51.2 Å². The number of pyridine rings is 1. The summed E-state index contributed by atoms with van der Waals surface area (Å²) in [6, 6.07) is 17.2. The number of nitrogens with zero attached hydrogens (tertiary/aromatic N) is 4. The minimum atomic E-state index is -0.283. The Morgan fingerprint density at radius 3 is 2.80 bits per heavy atom. The number of rotatable bonds is 2. The van der Waals surface area contributed by atoms with E-state index >= 15 is 0 Å². The van der Waals surface area contributed by atoms with Gasteiger partial charge in [0.15, 0.2) is 0 Å². The molecule has 0 radical (unpaired) electrons. The maximum Gasteiger partial charge on any atom is 0.252 e. The molecule has 1 atom stereocenters. The molecule has 3 aliphatic rings. The number of carbonyl (C=O) groups is 2. The van der Waals surface area contributed by atoms with Crippen molar-refractivity contribution in [1.82, 2.24) is 25.0 Å². The molecular weight excluding hydrogens is 506 g/mol. The van der Waals surface area contributed by atoms with Crippen LogP contribution in [0.25, 0.3) is 0 Å². The van der Waals surface area contributed by atoms with Gasteiger partial charge in [-0.05, 0) is 79.8 Å². The lowest BCUT2D eigenvalue weighted by Gasteiger charge is -2.38. The van der Waals surface area contributed by atoms with Crippen LogP contribution in [0.4, 0.5) is 0 Å². The van der Waals surface area contributed by atoms with Crippen LogP contribution >= 0.6 is 0 Å². The Labute approximate surface area is 232 Å².